The fourth-order valence-corrected chi connectivity index (χ4v) is 1.73. The Balaban J connectivity index is 2.36. The third kappa shape index (κ3) is 6.53. The molecular formula is C14H20N4O3. The molecular weight excluding hydrogens is 272 g/mol. The summed E-state index contributed by atoms with van der Waals surface area (Å²) in [5.74, 6) is 3.78. The predicted molar refractivity (Wildman–Crippen MR) is 79.8 cm³/mol. The Morgan fingerprint density at radius 2 is 2.00 bits per heavy atom. The Morgan fingerprint density at radius 3 is 2.57 bits per heavy atom. The van der Waals surface area contributed by atoms with Crippen molar-refractivity contribution in [1.82, 2.24) is 5.32 Å². The number of aryl methyl sites for hydroxylation is 1. The van der Waals surface area contributed by atoms with Crippen LogP contribution in [0.15, 0.2) is 29.4 Å². The minimum absolute atomic E-state index is 0.0922. The van der Waals surface area contributed by atoms with Crippen molar-refractivity contribution < 1.29 is 14.7 Å². The predicted octanol–water partition coefficient (Wildman–Crippen LogP) is -0.170. The number of nitrogens with one attached hydrogen (secondary N) is 1. The van der Waals surface area contributed by atoms with Gasteiger partial charge in [0.2, 0.25) is 5.91 Å². The van der Waals surface area contributed by atoms with Crippen molar-refractivity contribution in [1.29, 1.82) is 0 Å². The Labute approximate surface area is 123 Å². The third-order valence-electron chi connectivity index (χ3n) is 2.92. The largest absolute Gasteiger partial charge is 0.481 e. The average Bonchev–Trinajstić information content (AvgIpc) is 2.46. The van der Waals surface area contributed by atoms with Crippen LogP contribution in [0, 0.1) is 0 Å². The maximum absolute atomic E-state index is 11.6. The number of hydrogen-bond acceptors (Lipinski definition) is 5. The van der Waals surface area contributed by atoms with Gasteiger partial charge >= 0.3 is 5.97 Å². The van der Waals surface area contributed by atoms with E-state index in [0.717, 1.165) is 11.1 Å². The topological polar surface area (TPSA) is 131 Å². The van der Waals surface area contributed by atoms with Crippen LogP contribution >= 0.6 is 0 Å². The molecule has 0 saturated carbocycles. The fraction of sp³-hybridized carbons (Fsp3) is 0.357. The molecule has 0 bridgehead atoms. The highest BCUT2D eigenvalue weighted by atomic mass is 16.4. The minimum atomic E-state index is -0.954. The van der Waals surface area contributed by atoms with E-state index in [-0.39, 0.29) is 18.9 Å². The Morgan fingerprint density at radius 1 is 1.33 bits per heavy atom. The van der Waals surface area contributed by atoms with E-state index in [9.17, 15) is 9.59 Å². The van der Waals surface area contributed by atoms with Gasteiger partial charge in [-0.15, -0.1) is 0 Å². The number of nitrogens with zero attached hydrogens (tertiary/aromatic N) is 1. The molecule has 0 aliphatic carbocycles. The maximum Gasteiger partial charge on any atom is 0.305 e. The van der Waals surface area contributed by atoms with Crippen LogP contribution in [-0.2, 0) is 16.0 Å². The van der Waals surface area contributed by atoms with Crippen molar-refractivity contribution in [3.05, 3.63) is 35.4 Å². The molecule has 21 heavy (non-hydrogen) atoms. The Bertz CT molecular complexity index is 499. The number of carbonyl (C=O) groups is 2. The molecule has 0 radical (unpaired) electrons. The first-order valence-electron chi connectivity index (χ1n) is 6.60. The van der Waals surface area contributed by atoms with E-state index in [4.69, 9.17) is 16.7 Å². The molecule has 0 aliphatic heterocycles. The van der Waals surface area contributed by atoms with E-state index in [1.54, 1.807) is 6.21 Å². The molecule has 6 N–H and O–H groups in total. The van der Waals surface area contributed by atoms with Crippen LogP contribution < -0.4 is 16.9 Å². The second-order valence-electron chi connectivity index (χ2n) is 4.60. The number of aliphatic carboxylic acids is 1. The zero-order valence-electron chi connectivity index (χ0n) is 11.7. The number of rotatable bonds is 8. The summed E-state index contributed by atoms with van der Waals surface area (Å²) < 4.78 is 0. The molecule has 7 nitrogen and oxygen atoms in total. The second kappa shape index (κ2) is 8.70. The van der Waals surface area contributed by atoms with Crippen molar-refractivity contribution in [3.8, 4) is 0 Å². The van der Waals surface area contributed by atoms with Crippen molar-refractivity contribution in [2.75, 3.05) is 6.54 Å². The lowest BCUT2D eigenvalue weighted by Crippen LogP contribution is -2.41. The average molecular weight is 292 g/mol. The molecule has 1 rings (SSSR count). The van der Waals surface area contributed by atoms with Gasteiger partial charge in [-0.3, -0.25) is 9.59 Å². The maximum atomic E-state index is 11.6. The highest BCUT2D eigenvalue weighted by Crippen LogP contribution is 2.06. The van der Waals surface area contributed by atoms with Crippen LogP contribution in [0.25, 0.3) is 0 Å². The highest BCUT2D eigenvalue weighted by molar-refractivity contribution is 5.82. The number of hydrazone groups is 1. The molecule has 0 aliphatic rings. The van der Waals surface area contributed by atoms with Crippen LogP contribution in [0.5, 0.6) is 0 Å². The normalized spacial score (nSPS) is 12.2. The zero-order valence-corrected chi connectivity index (χ0v) is 11.7. The number of carboxylic acid groups (broad SMARTS) is 1. The molecule has 0 heterocycles. The molecule has 0 spiro atoms. The minimum Gasteiger partial charge on any atom is -0.481 e. The smallest absolute Gasteiger partial charge is 0.305 e. The summed E-state index contributed by atoms with van der Waals surface area (Å²) in [4.78, 5) is 22.0. The monoisotopic (exact) mass is 292 g/mol. The Hall–Kier alpha value is -2.41. The zero-order chi connectivity index (χ0) is 15.7. The van der Waals surface area contributed by atoms with Gasteiger partial charge in [-0.05, 0) is 24.0 Å². The molecule has 1 amide bonds. The van der Waals surface area contributed by atoms with Gasteiger partial charge in [0.05, 0.1) is 18.7 Å². The van der Waals surface area contributed by atoms with Gasteiger partial charge in [0, 0.05) is 6.54 Å². The fourth-order valence-electron chi connectivity index (χ4n) is 1.73. The lowest BCUT2D eigenvalue weighted by molar-refractivity contribution is -0.136. The van der Waals surface area contributed by atoms with Crippen LogP contribution in [0.4, 0.5) is 0 Å². The standard InChI is InChI=1S/C14H20N4O3/c15-12(14(21)17-8-7-13(19)20)6-5-10-1-3-11(4-2-10)9-18-16/h1-4,9,12H,5-8,15-16H2,(H,17,21)(H,19,20). The lowest BCUT2D eigenvalue weighted by atomic mass is 10.0. The van der Waals surface area contributed by atoms with Crippen LogP contribution in [-0.4, -0.2) is 35.8 Å². The summed E-state index contributed by atoms with van der Waals surface area (Å²) >= 11 is 0. The first-order chi connectivity index (χ1) is 10.0. The molecule has 0 aromatic heterocycles. The summed E-state index contributed by atoms with van der Waals surface area (Å²) in [7, 11) is 0. The van der Waals surface area contributed by atoms with E-state index in [1.807, 2.05) is 24.3 Å². The van der Waals surface area contributed by atoms with Gasteiger partial charge in [-0.25, -0.2) is 0 Å². The van der Waals surface area contributed by atoms with Gasteiger partial charge in [-0.1, -0.05) is 24.3 Å². The van der Waals surface area contributed by atoms with Gasteiger partial charge in [-0.2, -0.15) is 5.10 Å². The molecule has 1 aromatic rings. The molecule has 114 valence electrons. The first kappa shape index (κ1) is 16.6. The van der Waals surface area contributed by atoms with Crippen LogP contribution in [0.1, 0.15) is 24.0 Å². The van der Waals surface area contributed by atoms with Crippen molar-refractivity contribution in [2.45, 2.75) is 25.3 Å². The quantitative estimate of drug-likeness (QED) is 0.300. The number of amides is 1. The summed E-state index contributed by atoms with van der Waals surface area (Å²) in [5.41, 5.74) is 7.72. The summed E-state index contributed by atoms with van der Waals surface area (Å²) in [6.07, 6.45) is 2.59. The number of benzene rings is 1. The molecule has 0 fully saturated rings. The van der Waals surface area contributed by atoms with Gasteiger partial charge in [0.1, 0.15) is 0 Å². The van der Waals surface area contributed by atoms with E-state index < -0.39 is 12.0 Å². The summed E-state index contributed by atoms with van der Waals surface area (Å²) in [6.45, 7) is 0.0922. The van der Waals surface area contributed by atoms with E-state index in [1.165, 1.54) is 0 Å². The van der Waals surface area contributed by atoms with E-state index in [2.05, 4.69) is 10.4 Å². The number of hydrogen-bond donors (Lipinski definition) is 4. The Kier molecular flexibility index (Phi) is 6.90. The van der Waals surface area contributed by atoms with Crippen molar-refractivity contribution >= 4 is 18.1 Å². The van der Waals surface area contributed by atoms with E-state index in [0.29, 0.717) is 12.8 Å². The third-order valence-corrected chi connectivity index (χ3v) is 2.92. The van der Waals surface area contributed by atoms with E-state index >= 15 is 0 Å². The van der Waals surface area contributed by atoms with Crippen molar-refractivity contribution in [3.63, 3.8) is 0 Å². The van der Waals surface area contributed by atoms with Crippen LogP contribution in [0.2, 0.25) is 0 Å². The van der Waals surface area contributed by atoms with Gasteiger partial charge in [0.25, 0.3) is 0 Å². The number of carbonyl (C=O) groups excluding carboxylic acids is 1. The molecule has 7 heteroatoms. The van der Waals surface area contributed by atoms with Crippen LogP contribution in [0.3, 0.4) is 0 Å². The molecule has 1 unspecified atom stereocenters. The number of nitrogens with two attached hydrogens (primary N) is 2. The SMILES string of the molecule is NN=Cc1ccc(CCC(N)C(=O)NCCC(=O)O)cc1. The molecule has 0 saturated heterocycles. The molecule has 1 atom stereocenters. The summed E-state index contributed by atoms with van der Waals surface area (Å²) in [6, 6.07) is 6.95. The first-order valence-corrected chi connectivity index (χ1v) is 6.60. The van der Waals surface area contributed by atoms with Gasteiger partial charge in [0.15, 0.2) is 0 Å². The lowest BCUT2D eigenvalue weighted by Gasteiger charge is -2.11. The number of carboxylic acids is 1. The second-order valence-corrected chi connectivity index (χ2v) is 4.60. The highest BCUT2D eigenvalue weighted by Gasteiger charge is 2.13. The van der Waals surface area contributed by atoms with Gasteiger partial charge < -0.3 is 22.0 Å². The summed E-state index contributed by atoms with van der Waals surface area (Å²) in [5, 5.41) is 14.4. The molecule has 1 aromatic carbocycles. The van der Waals surface area contributed by atoms with Crippen molar-refractivity contribution in [2.24, 2.45) is 16.7 Å².